The first kappa shape index (κ1) is 32.3. The van der Waals surface area contributed by atoms with Gasteiger partial charge in [0, 0.05) is 0 Å². The van der Waals surface area contributed by atoms with Crippen molar-refractivity contribution >= 4 is 76.4 Å². The van der Waals surface area contributed by atoms with E-state index in [0.29, 0.717) is 0 Å². The minimum absolute atomic E-state index is 0. The van der Waals surface area contributed by atoms with Crippen LogP contribution in [0.25, 0.3) is 32.3 Å². The van der Waals surface area contributed by atoms with Crippen molar-refractivity contribution in [2.75, 3.05) is 0 Å². The molecule has 0 aromatic heterocycles. The van der Waals surface area contributed by atoms with Gasteiger partial charge in [0.2, 0.25) is 0 Å². The molecule has 0 aliphatic rings. The molecule has 2 radical (unpaired) electrons. The molecular formula is C33H21BiO9. The molecule has 212 valence electrons. The van der Waals surface area contributed by atoms with Crippen LogP contribution in [0.5, 0.6) is 17.2 Å². The number of hydrogen-bond acceptors (Lipinski definition) is 6. The summed E-state index contributed by atoms with van der Waals surface area (Å²) in [5.41, 5.74) is -0.531. The average Bonchev–Trinajstić information content (AvgIpc) is 2.96. The monoisotopic (exact) mass is 770 g/mol. The molecule has 0 unspecified atom stereocenters. The zero-order chi connectivity index (χ0) is 30.4. The quantitative estimate of drug-likeness (QED) is 0.219. The van der Waals surface area contributed by atoms with Crippen molar-refractivity contribution in [2.45, 2.75) is 0 Å². The van der Waals surface area contributed by atoms with Crippen molar-refractivity contribution in [2.24, 2.45) is 0 Å². The Morgan fingerprint density at radius 2 is 0.581 bits per heavy atom. The number of rotatable bonds is 3. The predicted molar refractivity (Wildman–Crippen MR) is 157 cm³/mol. The van der Waals surface area contributed by atoms with E-state index in [-0.39, 0.29) is 42.9 Å². The molecule has 0 saturated carbocycles. The second-order valence-corrected chi connectivity index (χ2v) is 9.00. The first-order valence-corrected chi connectivity index (χ1v) is 12.3. The standard InChI is InChI=1S/3C11H8O3.Bi/c3*12-10-6-8-4-2-1-3-7(8)5-9(10)11(13)14;/h3*1-6,12H,(H,13,14);/q;;;+3/p-3. The fourth-order valence-corrected chi connectivity index (χ4v) is 4.16. The Labute approximate surface area is 263 Å². The SMILES string of the molecule is O=C(O)c1cc2ccccc2cc1[O-].O=C(O)c1cc2ccccc2cc1[O-].O=C(O)c1cc2ccccc2cc1[O-].[Bi+3]. The number of aromatic carboxylic acids is 3. The molecule has 0 fully saturated rings. The Bertz CT molecular complexity index is 1740. The van der Waals surface area contributed by atoms with Gasteiger partial charge in [-0.25, -0.2) is 14.4 Å². The minimum Gasteiger partial charge on any atom is -0.872 e. The van der Waals surface area contributed by atoms with Crippen LogP contribution >= 0.6 is 0 Å². The summed E-state index contributed by atoms with van der Waals surface area (Å²) in [4.78, 5) is 32.0. The van der Waals surface area contributed by atoms with E-state index in [4.69, 9.17) is 15.3 Å². The Morgan fingerprint density at radius 3 is 0.767 bits per heavy atom. The molecule has 0 aliphatic heterocycles. The van der Waals surface area contributed by atoms with Crippen molar-refractivity contribution < 1.29 is 45.0 Å². The minimum atomic E-state index is -1.18. The maximum Gasteiger partial charge on any atom is 3.00 e. The molecule has 0 bridgehead atoms. The van der Waals surface area contributed by atoms with Crippen LogP contribution in [0.1, 0.15) is 31.1 Å². The maximum atomic E-state index is 11.3. The summed E-state index contributed by atoms with van der Waals surface area (Å²) >= 11 is 0. The van der Waals surface area contributed by atoms with Crippen LogP contribution in [-0.2, 0) is 0 Å². The van der Waals surface area contributed by atoms with E-state index in [0.717, 1.165) is 32.3 Å². The molecule has 0 saturated heterocycles. The molecule has 6 aromatic rings. The summed E-state index contributed by atoms with van der Waals surface area (Å²) in [6, 6.07) is 29.8. The van der Waals surface area contributed by atoms with Gasteiger partial charge in [-0.05, 0) is 50.5 Å². The van der Waals surface area contributed by atoms with Gasteiger partial charge in [0.1, 0.15) is 0 Å². The molecule has 9 nitrogen and oxygen atoms in total. The number of benzene rings is 6. The molecular weight excluding hydrogens is 749 g/mol. The first-order chi connectivity index (χ1) is 20.0. The van der Waals surface area contributed by atoms with E-state index in [1.54, 1.807) is 54.6 Å². The van der Waals surface area contributed by atoms with Gasteiger partial charge >= 0.3 is 44.1 Å². The normalized spacial score (nSPS) is 10.0. The second-order valence-electron chi connectivity index (χ2n) is 9.00. The summed E-state index contributed by atoms with van der Waals surface area (Å²) in [6.45, 7) is 0. The van der Waals surface area contributed by atoms with Crippen molar-refractivity contribution in [3.63, 3.8) is 0 Å². The molecule has 0 amide bonds. The van der Waals surface area contributed by atoms with E-state index in [1.165, 1.54) is 36.4 Å². The smallest absolute Gasteiger partial charge is 0.872 e. The van der Waals surface area contributed by atoms with Gasteiger partial charge in [0.05, 0.1) is 16.7 Å². The zero-order valence-electron chi connectivity index (χ0n) is 22.1. The van der Waals surface area contributed by atoms with Gasteiger partial charge in [-0.3, -0.25) is 0 Å². The molecule has 0 aliphatic carbocycles. The molecule has 6 rings (SSSR count). The van der Waals surface area contributed by atoms with Crippen LogP contribution in [-0.4, -0.2) is 59.4 Å². The maximum absolute atomic E-state index is 11.3. The number of fused-ring (bicyclic) bond motifs is 3. The number of hydrogen-bond donors (Lipinski definition) is 3. The zero-order valence-corrected chi connectivity index (χ0v) is 25.6. The predicted octanol–water partition coefficient (Wildman–Crippen LogP) is 4.45. The van der Waals surface area contributed by atoms with E-state index in [9.17, 15) is 29.7 Å². The van der Waals surface area contributed by atoms with Gasteiger partial charge in [-0.15, -0.1) is 0 Å². The van der Waals surface area contributed by atoms with E-state index < -0.39 is 35.2 Å². The summed E-state index contributed by atoms with van der Waals surface area (Å²) in [6.07, 6.45) is 0. The molecule has 43 heavy (non-hydrogen) atoms. The molecule has 0 spiro atoms. The van der Waals surface area contributed by atoms with Crippen molar-refractivity contribution in [1.82, 2.24) is 0 Å². The van der Waals surface area contributed by atoms with Crippen molar-refractivity contribution in [3.05, 3.63) is 126 Å². The molecule has 0 heterocycles. The summed E-state index contributed by atoms with van der Waals surface area (Å²) in [5.74, 6) is -4.88. The Balaban J connectivity index is 0.000000175. The summed E-state index contributed by atoms with van der Waals surface area (Å²) in [7, 11) is 0. The van der Waals surface area contributed by atoms with Crippen LogP contribution in [0.15, 0.2) is 109 Å². The number of carbonyl (C=O) groups is 3. The van der Waals surface area contributed by atoms with Gasteiger partial charge in [0.25, 0.3) is 0 Å². The summed E-state index contributed by atoms with van der Waals surface area (Å²) < 4.78 is 0. The van der Waals surface area contributed by atoms with Crippen LogP contribution < -0.4 is 15.3 Å². The van der Waals surface area contributed by atoms with Crippen LogP contribution in [0, 0.1) is 0 Å². The second kappa shape index (κ2) is 14.1. The van der Waals surface area contributed by atoms with Crippen LogP contribution in [0.4, 0.5) is 0 Å². The van der Waals surface area contributed by atoms with Crippen molar-refractivity contribution in [3.8, 4) is 17.2 Å². The Morgan fingerprint density at radius 1 is 0.395 bits per heavy atom. The number of carboxylic acid groups (broad SMARTS) is 3. The Kier molecular flexibility index (Phi) is 10.6. The van der Waals surface area contributed by atoms with Crippen molar-refractivity contribution in [1.29, 1.82) is 0 Å². The molecule has 3 N–H and O–H groups in total. The average molecular weight is 771 g/mol. The largest absolute Gasteiger partial charge is 3.00 e. The third kappa shape index (κ3) is 7.75. The van der Waals surface area contributed by atoms with Gasteiger partial charge < -0.3 is 30.6 Å². The fourth-order valence-electron chi connectivity index (χ4n) is 4.16. The third-order valence-corrected chi connectivity index (χ3v) is 6.23. The Hall–Kier alpha value is -5.21. The van der Waals surface area contributed by atoms with E-state index >= 15 is 0 Å². The first-order valence-electron chi connectivity index (χ1n) is 12.3. The third-order valence-electron chi connectivity index (χ3n) is 6.23. The van der Waals surface area contributed by atoms with Gasteiger partial charge in [-0.2, -0.15) is 0 Å². The summed E-state index contributed by atoms with van der Waals surface area (Å²) in [5, 5.41) is 64.7. The van der Waals surface area contributed by atoms with Crippen LogP contribution in [0.3, 0.4) is 0 Å². The van der Waals surface area contributed by atoms with E-state index in [1.807, 2.05) is 18.2 Å². The van der Waals surface area contributed by atoms with E-state index in [2.05, 4.69) is 0 Å². The number of carboxylic acids is 3. The fraction of sp³-hybridized carbons (Fsp3) is 0. The molecule has 6 aromatic carbocycles. The molecule has 10 heteroatoms. The van der Waals surface area contributed by atoms with Gasteiger partial charge in [0.15, 0.2) is 0 Å². The topological polar surface area (TPSA) is 181 Å². The van der Waals surface area contributed by atoms with Gasteiger partial charge in [-0.1, -0.05) is 108 Å². The molecule has 0 atom stereocenters. The van der Waals surface area contributed by atoms with Crippen LogP contribution in [0.2, 0.25) is 0 Å².